The van der Waals surface area contributed by atoms with Crippen LogP contribution in [0.1, 0.15) is 17.2 Å². The van der Waals surface area contributed by atoms with Crippen LogP contribution >= 0.6 is 22.6 Å². The number of fused-ring (bicyclic) bond motifs is 1. The minimum absolute atomic E-state index is 0.141. The maximum atomic E-state index is 6.48. The number of methoxy groups -OCH3 is 1. The standard InChI is InChI=1S/C18H16INO/c1-21-17-11-10-16(14-4-2-3-5-15(14)17)18(20)12-6-8-13(19)9-7-12/h2-11,18H,20H2,1H3. The molecule has 0 amide bonds. The number of hydrogen-bond acceptors (Lipinski definition) is 2. The average molecular weight is 389 g/mol. The van der Waals surface area contributed by atoms with E-state index in [1.165, 1.54) is 3.57 Å². The largest absolute Gasteiger partial charge is 0.496 e. The second kappa shape index (κ2) is 6.03. The maximum absolute atomic E-state index is 6.48. The predicted molar refractivity (Wildman–Crippen MR) is 95.7 cm³/mol. The van der Waals surface area contributed by atoms with Crippen molar-refractivity contribution in [2.45, 2.75) is 6.04 Å². The molecular weight excluding hydrogens is 373 g/mol. The van der Waals surface area contributed by atoms with Gasteiger partial charge in [-0.25, -0.2) is 0 Å². The maximum Gasteiger partial charge on any atom is 0.126 e. The molecule has 3 heteroatoms. The van der Waals surface area contributed by atoms with Gasteiger partial charge in [0.1, 0.15) is 5.75 Å². The SMILES string of the molecule is COc1ccc(C(N)c2ccc(I)cc2)c2ccccc12. The van der Waals surface area contributed by atoms with Gasteiger partial charge in [-0.15, -0.1) is 0 Å². The van der Waals surface area contributed by atoms with E-state index in [1.54, 1.807) is 7.11 Å². The van der Waals surface area contributed by atoms with Crippen molar-refractivity contribution in [1.82, 2.24) is 0 Å². The zero-order valence-corrected chi connectivity index (χ0v) is 13.9. The van der Waals surface area contributed by atoms with Gasteiger partial charge < -0.3 is 10.5 Å². The van der Waals surface area contributed by atoms with E-state index < -0.39 is 0 Å². The molecule has 0 radical (unpaired) electrons. The van der Waals surface area contributed by atoms with E-state index in [4.69, 9.17) is 10.5 Å². The van der Waals surface area contributed by atoms with Gasteiger partial charge in [0.05, 0.1) is 13.2 Å². The molecule has 0 spiro atoms. The first kappa shape index (κ1) is 14.4. The monoisotopic (exact) mass is 389 g/mol. The van der Waals surface area contributed by atoms with E-state index in [2.05, 4.69) is 65.1 Å². The van der Waals surface area contributed by atoms with Crippen LogP contribution in [0.2, 0.25) is 0 Å². The van der Waals surface area contributed by atoms with Crippen molar-refractivity contribution in [1.29, 1.82) is 0 Å². The molecule has 0 saturated carbocycles. The van der Waals surface area contributed by atoms with Gasteiger partial charge >= 0.3 is 0 Å². The number of benzene rings is 3. The van der Waals surface area contributed by atoms with Crippen LogP contribution in [0.15, 0.2) is 60.7 Å². The predicted octanol–water partition coefficient (Wildman–Crippen LogP) is 4.50. The third kappa shape index (κ3) is 2.76. The fourth-order valence-corrected chi connectivity index (χ4v) is 2.95. The number of ether oxygens (including phenoxy) is 1. The van der Waals surface area contributed by atoms with Crippen molar-refractivity contribution in [2.24, 2.45) is 5.73 Å². The summed E-state index contributed by atoms with van der Waals surface area (Å²) in [6, 6.07) is 20.5. The second-order valence-electron chi connectivity index (χ2n) is 4.93. The van der Waals surface area contributed by atoms with Gasteiger partial charge in [0, 0.05) is 8.96 Å². The lowest BCUT2D eigenvalue weighted by molar-refractivity contribution is 0.419. The molecule has 0 aliphatic heterocycles. The minimum Gasteiger partial charge on any atom is -0.496 e. The molecule has 0 aliphatic rings. The summed E-state index contributed by atoms with van der Waals surface area (Å²) in [6.07, 6.45) is 0. The van der Waals surface area contributed by atoms with E-state index >= 15 is 0 Å². The molecule has 0 aliphatic carbocycles. The summed E-state index contributed by atoms with van der Waals surface area (Å²) in [5.41, 5.74) is 8.72. The van der Waals surface area contributed by atoms with Gasteiger partial charge in [-0.05, 0) is 57.3 Å². The Bertz CT molecular complexity index is 768. The molecule has 0 aromatic heterocycles. The Hall–Kier alpha value is -1.59. The molecule has 0 saturated heterocycles. The summed E-state index contributed by atoms with van der Waals surface area (Å²) in [5, 5.41) is 2.24. The highest BCUT2D eigenvalue weighted by Crippen LogP contribution is 2.33. The van der Waals surface area contributed by atoms with Crippen molar-refractivity contribution < 1.29 is 4.74 Å². The van der Waals surface area contributed by atoms with Crippen molar-refractivity contribution in [2.75, 3.05) is 7.11 Å². The van der Waals surface area contributed by atoms with Gasteiger partial charge in [-0.3, -0.25) is 0 Å². The van der Waals surface area contributed by atoms with Crippen LogP contribution in [0, 0.1) is 3.57 Å². The van der Waals surface area contributed by atoms with E-state index in [-0.39, 0.29) is 6.04 Å². The average Bonchev–Trinajstić information content (AvgIpc) is 2.54. The molecule has 1 unspecified atom stereocenters. The van der Waals surface area contributed by atoms with Gasteiger partial charge in [-0.1, -0.05) is 42.5 Å². The number of rotatable bonds is 3. The Balaban J connectivity index is 2.14. The number of hydrogen-bond donors (Lipinski definition) is 1. The molecule has 2 nitrogen and oxygen atoms in total. The normalized spacial score (nSPS) is 12.3. The van der Waals surface area contributed by atoms with Crippen LogP contribution in [0.4, 0.5) is 0 Å². The van der Waals surface area contributed by atoms with Crippen LogP contribution in [-0.2, 0) is 0 Å². The van der Waals surface area contributed by atoms with Crippen LogP contribution in [0.3, 0.4) is 0 Å². The molecular formula is C18H16INO. The van der Waals surface area contributed by atoms with Crippen LogP contribution in [-0.4, -0.2) is 7.11 Å². The van der Waals surface area contributed by atoms with E-state index in [0.717, 1.165) is 27.6 Å². The zero-order chi connectivity index (χ0) is 14.8. The molecule has 0 bridgehead atoms. The molecule has 106 valence electrons. The van der Waals surface area contributed by atoms with Crippen molar-refractivity contribution in [3.05, 3.63) is 75.4 Å². The third-order valence-electron chi connectivity index (χ3n) is 3.70. The smallest absolute Gasteiger partial charge is 0.126 e. The summed E-state index contributed by atoms with van der Waals surface area (Å²) in [6.45, 7) is 0. The fourth-order valence-electron chi connectivity index (χ4n) is 2.59. The van der Waals surface area contributed by atoms with Crippen molar-refractivity contribution in [3.63, 3.8) is 0 Å². The Kier molecular flexibility index (Phi) is 4.12. The lowest BCUT2D eigenvalue weighted by Gasteiger charge is -2.17. The molecule has 0 heterocycles. The highest BCUT2D eigenvalue weighted by atomic mass is 127. The Labute approximate surface area is 138 Å². The van der Waals surface area contributed by atoms with E-state index in [1.807, 2.05) is 18.2 Å². The first-order chi connectivity index (χ1) is 10.2. The van der Waals surface area contributed by atoms with Crippen molar-refractivity contribution in [3.8, 4) is 5.75 Å². The molecule has 0 fully saturated rings. The highest BCUT2D eigenvalue weighted by Gasteiger charge is 2.14. The third-order valence-corrected chi connectivity index (χ3v) is 4.42. The summed E-state index contributed by atoms with van der Waals surface area (Å²) in [5.74, 6) is 0.879. The van der Waals surface area contributed by atoms with Gasteiger partial charge in [0.25, 0.3) is 0 Å². The summed E-state index contributed by atoms with van der Waals surface area (Å²) >= 11 is 2.30. The van der Waals surface area contributed by atoms with E-state index in [9.17, 15) is 0 Å². The van der Waals surface area contributed by atoms with Gasteiger partial charge in [-0.2, -0.15) is 0 Å². The lowest BCUT2D eigenvalue weighted by Crippen LogP contribution is -2.12. The highest BCUT2D eigenvalue weighted by molar-refractivity contribution is 14.1. The lowest BCUT2D eigenvalue weighted by atomic mass is 9.94. The van der Waals surface area contributed by atoms with Crippen LogP contribution < -0.4 is 10.5 Å². The zero-order valence-electron chi connectivity index (χ0n) is 11.7. The topological polar surface area (TPSA) is 35.2 Å². The fraction of sp³-hybridized carbons (Fsp3) is 0.111. The Morgan fingerprint density at radius 3 is 2.24 bits per heavy atom. The van der Waals surface area contributed by atoms with Gasteiger partial charge in [0.15, 0.2) is 0 Å². The van der Waals surface area contributed by atoms with Crippen molar-refractivity contribution >= 4 is 33.4 Å². The van der Waals surface area contributed by atoms with E-state index in [0.29, 0.717) is 0 Å². The summed E-state index contributed by atoms with van der Waals surface area (Å²) in [7, 11) is 1.69. The summed E-state index contributed by atoms with van der Waals surface area (Å²) in [4.78, 5) is 0. The molecule has 3 rings (SSSR count). The Morgan fingerprint density at radius 2 is 1.57 bits per heavy atom. The number of nitrogens with two attached hydrogens (primary N) is 1. The molecule has 21 heavy (non-hydrogen) atoms. The first-order valence-corrected chi connectivity index (χ1v) is 7.85. The minimum atomic E-state index is -0.141. The van der Waals surface area contributed by atoms with Gasteiger partial charge in [0.2, 0.25) is 0 Å². The Morgan fingerprint density at radius 1 is 0.905 bits per heavy atom. The van der Waals surface area contributed by atoms with Crippen LogP contribution in [0.5, 0.6) is 5.75 Å². The molecule has 3 aromatic carbocycles. The summed E-state index contributed by atoms with van der Waals surface area (Å²) < 4.78 is 6.65. The second-order valence-corrected chi connectivity index (χ2v) is 6.18. The first-order valence-electron chi connectivity index (χ1n) is 6.77. The number of halogens is 1. The molecule has 3 aromatic rings. The van der Waals surface area contributed by atoms with Crippen LogP contribution in [0.25, 0.3) is 10.8 Å². The molecule has 2 N–H and O–H groups in total. The molecule has 1 atom stereocenters. The quantitative estimate of drug-likeness (QED) is 0.670.